The van der Waals surface area contributed by atoms with Crippen LogP contribution in [0.25, 0.3) is 0 Å². The third-order valence-corrected chi connectivity index (χ3v) is 3.80. The molecule has 4 heteroatoms. The lowest BCUT2D eigenvalue weighted by Gasteiger charge is -2.27. The minimum atomic E-state index is -0.922. The Balaban J connectivity index is 2.04. The average molecular weight is 287 g/mol. The van der Waals surface area contributed by atoms with Crippen molar-refractivity contribution < 1.29 is 5.11 Å². The van der Waals surface area contributed by atoms with E-state index in [2.05, 4.69) is 41.6 Å². The molecule has 114 valence electrons. The third-order valence-electron chi connectivity index (χ3n) is 3.80. The van der Waals surface area contributed by atoms with Gasteiger partial charge in [0.1, 0.15) is 5.60 Å². The second-order valence-electron chi connectivity index (χ2n) is 5.81. The lowest BCUT2D eigenvalue weighted by atomic mass is 9.97. The predicted octanol–water partition coefficient (Wildman–Crippen LogP) is 2.76. The number of benzene rings is 1. The molecule has 1 aromatic heterocycles. The molecule has 0 aliphatic rings. The number of nitrogens with zero attached hydrogens (tertiary/aromatic N) is 2. The zero-order valence-electron chi connectivity index (χ0n) is 13.1. The van der Waals surface area contributed by atoms with Crippen LogP contribution in [0.3, 0.4) is 0 Å². The van der Waals surface area contributed by atoms with E-state index in [1.165, 1.54) is 5.56 Å². The molecule has 2 unspecified atom stereocenters. The number of nitrogens with one attached hydrogen (secondary N) is 1. The van der Waals surface area contributed by atoms with Crippen molar-refractivity contribution in [3.63, 3.8) is 0 Å². The summed E-state index contributed by atoms with van der Waals surface area (Å²) in [5.41, 5.74) is 1.18. The molecule has 0 aliphatic heterocycles. The Hall–Kier alpha value is -1.65. The largest absolute Gasteiger partial charge is 0.384 e. The average Bonchev–Trinajstić information content (AvgIpc) is 2.92. The molecule has 0 aliphatic carbocycles. The highest BCUT2D eigenvalue weighted by molar-refractivity contribution is 5.20. The van der Waals surface area contributed by atoms with Crippen molar-refractivity contribution in [2.75, 3.05) is 6.54 Å². The fourth-order valence-corrected chi connectivity index (χ4v) is 2.48. The van der Waals surface area contributed by atoms with Crippen LogP contribution in [0, 0.1) is 0 Å². The van der Waals surface area contributed by atoms with Crippen LogP contribution in [0.5, 0.6) is 0 Å². The molecule has 0 spiro atoms. The minimum absolute atomic E-state index is 0.263. The number of aromatic nitrogens is 2. The monoisotopic (exact) mass is 287 g/mol. The SMILES string of the molecule is CCCC(NCC(C)(O)c1cnn(C)c1)c1ccccc1. The maximum absolute atomic E-state index is 10.6. The van der Waals surface area contributed by atoms with Crippen LogP contribution >= 0.6 is 0 Å². The summed E-state index contributed by atoms with van der Waals surface area (Å²) in [4.78, 5) is 0. The molecule has 2 N–H and O–H groups in total. The number of aryl methyl sites for hydroxylation is 1. The van der Waals surface area contributed by atoms with Crippen molar-refractivity contribution in [2.24, 2.45) is 7.05 Å². The standard InChI is InChI=1S/C17H25N3O/c1-4-8-16(14-9-6-5-7-10-14)18-13-17(2,21)15-11-19-20(3)12-15/h5-7,9-12,16,18,21H,4,8,13H2,1-3H3. The molecule has 2 atom stereocenters. The Kier molecular flexibility index (Phi) is 5.15. The van der Waals surface area contributed by atoms with E-state index >= 15 is 0 Å². The van der Waals surface area contributed by atoms with Gasteiger partial charge in [-0.15, -0.1) is 0 Å². The first-order chi connectivity index (χ1) is 10.0. The molecule has 0 saturated heterocycles. The Bertz CT molecular complexity index is 548. The molecule has 1 heterocycles. The van der Waals surface area contributed by atoms with E-state index in [-0.39, 0.29) is 6.04 Å². The van der Waals surface area contributed by atoms with E-state index in [1.807, 2.05) is 26.2 Å². The van der Waals surface area contributed by atoms with Gasteiger partial charge in [-0.3, -0.25) is 4.68 Å². The van der Waals surface area contributed by atoms with Crippen LogP contribution in [-0.4, -0.2) is 21.4 Å². The van der Waals surface area contributed by atoms with Gasteiger partial charge in [0.2, 0.25) is 0 Å². The van der Waals surface area contributed by atoms with Crippen LogP contribution in [-0.2, 0) is 12.6 Å². The Morgan fingerprint density at radius 1 is 1.33 bits per heavy atom. The van der Waals surface area contributed by atoms with Gasteiger partial charge in [0.05, 0.1) is 6.20 Å². The molecule has 0 bridgehead atoms. The van der Waals surface area contributed by atoms with E-state index in [1.54, 1.807) is 10.9 Å². The smallest absolute Gasteiger partial charge is 0.102 e. The Morgan fingerprint density at radius 2 is 2.05 bits per heavy atom. The number of hydrogen-bond acceptors (Lipinski definition) is 3. The highest BCUT2D eigenvalue weighted by atomic mass is 16.3. The lowest BCUT2D eigenvalue weighted by Crippen LogP contribution is -2.37. The predicted molar refractivity (Wildman–Crippen MR) is 84.9 cm³/mol. The maximum Gasteiger partial charge on any atom is 0.102 e. The van der Waals surface area contributed by atoms with Crippen molar-refractivity contribution in [2.45, 2.75) is 38.3 Å². The van der Waals surface area contributed by atoms with Crippen molar-refractivity contribution >= 4 is 0 Å². The zero-order valence-corrected chi connectivity index (χ0v) is 13.1. The van der Waals surface area contributed by atoms with E-state index in [0.717, 1.165) is 18.4 Å². The summed E-state index contributed by atoms with van der Waals surface area (Å²) in [5.74, 6) is 0. The van der Waals surface area contributed by atoms with Crippen LogP contribution in [0.2, 0.25) is 0 Å². The first kappa shape index (κ1) is 15.7. The normalized spacial score (nSPS) is 15.6. The first-order valence-corrected chi connectivity index (χ1v) is 7.53. The van der Waals surface area contributed by atoms with Gasteiger partial charge < -0.3 is 10.4 Å². The van der Waals surface area contributed by atoms with Crippen LogP contribution < -0.4 is 5.32 Å². The van der Waals surface area contributed by atoms with Gasteiger partial charge in [-0.25, -0.2) is 0 Å². The van der Waals surface area contributed by atoms with Crippen LogP contribution in [0.4, 0.5) is 0 Å². The molecule has 1 aromatic carbocycles. The van der Waals surface area contributed by atoms with Crippen molar-refractivity contribution in [1.29, 1.82) is 0 Å². The molecule has 0 amide bonds. The second kappa shape index (κ2) is 6.87. The highest BCUT2D eigenvalue weighted by Gasteiger charge is 2.25. The second-order valence-corrected chi connectivity index (χ2v) is 5.81. The number of rotatable bonds is 7. The van der Waals surface area contributed by atoms with Crippen LogP contribution in [0.15, 0.2) is 42.7 Å². The molecular formula is C17H25N3O. The van der Waals surface area contributed by atoms with Crippen molar-refractivity contribution in [3.05, 3.63) is 53.9 Å². The summed E-state index contributed by atoms with van der Waals surface area (Å²) in [6.07, 6.45) is 5.73. The Morgan fingerprint density at radius 3 is 2.62 bits per heavy atom. The quantitative estimate of drug-likeness (QED) is 0.823. The van der Waals surface area contributed by atoms with E-state index < -0.39 is 5.60 Å². The summed E-state index contributed by atoms with van der Waals surface area (Å²) in [5, 5.41) is 18.3. The van der Waals surface area contributed by atoms with Gasteiger partial charge in [-0.2, -0.15) is 5.10 Å². The number of aliphatic hydroxyl groups is 1. The third kappa shape index (κ3) is 4.16. The lowest BCUT2D eigenvalue weighted by molar-refractivity contribution is 0.0533. The molecule has 2 aromatic rings. The molecule has 0 fully saturated rings. The van der Waals surface area contributed by atoms with E-state index in [0.29, 0.717) is 6.54 Å². The molecular weight excluding hydrogens is 262 g/mol. The fourth-order valence-electron chi connectivity index (χ4n) is 2.48. The van der Waals surface area contributed by atoms with Gasteiger partial charge in [-0.05, 0) is 18.9 Å². The molecule has 2 rings (SSSR count). The summed E-state index contributed by atoms with van der Waals surface area (Å²) < 4.78 is 1.71. The maximum atomic E-state index is 10.6. The zero-order chi connectivity index (χ0) is 15.3. The minimum Gasteiger partial charge on any atom is -0.384 e. The summed E-state index contributed by atoms with van der Waals surface area (Å²) in [6, 6.07) is 10.7. The van der Waals surface area contributed by atoms with E-state index in [9.17, 15) is 5.11 Å². The van der Waals surface area contributed by atoms with Gasteiger partial charge >= 0.3 is 0 Å². The molecule has 21 heavy (non-hydrogen) atoms. The summed E-state index contributed by atoms with van der Waals surface area (Å²) in [6.45, 7) is 4.50. The van der Waals surface area contributed by atoms with Crippen molar-refractivity contribution in [3.8, 4) is 0 Å². The summed E-state index contributed by atoms with van der Waals surface area (Å²) in [7, 11) is 1.86. The number of hydrogen-bond donors (Lipinski definition) is 2. The first-order valence-electron chi connectivity index (χ1n) is 7.53. The van der Waals surface area contributed by atoms with Gasteiger partial charge in [0.25, 0.3) is 0 Å². The van der Waals surface area contributed by atoms with Gasteiger partial charge in [0, 0.05) is 31.4 Å². The van der Waals surface area contributed by atoms with Crippen molar-refractivity contribution in [1.82, 2.24) is 15.1 Å². The molecule has 4 nitrogen and oxygen atoms in total. The summed E-state index contributed by atoms with van der Waals surface area (Å²) >= 11 is 0. The molecule has 0 radical (unpaired) electrons. The van der Waals surface area contributed by atoms with Gasteiger partial charge in [0.15, 0.2) is 0 Å². The fraction of sp³-hybridized carbons (Fsp3) is 0.471. The topological polar surface area (TPSA) is 50.1 Å². The van der Waals surface area contributed by atoms with Gasteiger partial charge in [-0.1, -0.05) is 43.7 Å². The van der Waals surface area contributed by atoms with E-state index in [4.69, 9.17) is 0 Å². The molecule has 0 saturated carbocycles. The van der Waals surface area contributed by atoms with Crippen LogP contribution in [0.1, 0.15) is 43.9 Å². The highest BCUT2D eigenvalue weighted by Crippen LogP contribution is 2.23. The Labute approximate surface area is 126 Å².